The normalized spacial score (nSPS) is 12.7. The van der Waals surface area contributed by atoms with Crippen molar-refractivity contribution in [1.82, 2.24) is 0 Å². The maximum Gasteiger partial charge on any atom is 0.339 e. The Morgan fingerprint density at radius 3 is 2.06 bits per heavy atom. The first-order valence-corrected chi connectivity index (χ1v) is 10.7. The molecule has 1 heterocycles. The molecule has 4 aromatic carbocycles. The Morgan fingerprint density at radius 2 is 1.40 bits per heavy atom. The number of benzene rings is 4. The van der Waals surface area contributed by atoms with Crippen LogP contribution < -0.4 is 5.43 Å². The summed E-state index contributed by atoms with van der Waals surface area (Å²) in [5.74, 6) is -7.41. The molecule has 0 spiro atoms. The zero-order chi connectivity index (χ0) is 24.7. The summed E-state index contributed by atoms with van der Waals surface area (Å²) in [6.07, 6.45) is -2.42. The van der Waals surface area contributed by atoms with Gasteiger partial charge in [0.15, 0.2) is 11.9 Å². The summed E-state index contributed by atoms with van der Waals surface area (Å²) in [7, 11) is 0. The van der Waals surface area contributed by atoms with Gasteiger partial charge in [-0.15, -0.1) is 0 Å². The highest BCUT2D eigenvalue weighted by Gasteiger charge is 2.48. The molecule has 1 unspecified atom stereocenters. The molecule has 1 N–H and O–H groups in total. The number of ketones is 1. The topological polar surface area (TPSA) is 67.5 Å². The second kappa shape index (κ2) is 8.52. The number of fused-ring (bicyclic) bond motifs is 3. The zero-order valence-electron chi connectivity index (χ0n) is 18.0. The van der Waals surface area contributed by atoms with Crippen LogP contribution in [0.4, 0.5) is 13.2 Å². The number of aliphatic hydroxyl groups is 1. The van der Waals surface area contributed by atoms with Crippen molar-refractivity contribution in [3.8, 4) is 11.3 Å². The number of Topliss-reactive ketones (excluding diaryl/α,β-unsaturated/α-hetero) is 1. The average Bonchev–Trinajstić information content (AvgIpc) is 2.90. The van der Waals surface area contributed by atoms with Crippen molar-refractivity contribution in [3.63, 3.8) is 0 Å². The minimum absolute atomic E-state index is 0.0330. The van der Waals surface area contributed by atoms with Gasteiger partial charge in [0.2, 0.25) is 17.0 Å². The molecule has 0 aliphatic carbocycles. The standard InChI is InChI=1S/C28H17F3O4/c29-22-23(32)21-15-20(27(34)28(30,31)26(33)17-11-5-2-6-12-17)18-13-7-8-14-19(18)25(21)35-24(22)16-9-3-1-4-10-16/h1-15,26,33H. The molecule has 0 fully saturated rings. The molecule has 5 rings (SSSR count). The lowest BCUT2D eigenvalue weighted by Gasteiger charge is -2.22. The molecule has 4 nitrogen and oxygen atoms in total. The van der Waals surface area contributed by atoms with Crippen LogP contribution in [0.25, 0.3) is 33.1 Å². The summed E-state index contributed by atoms with van der Waals surface area (Å²) in [4.78, 5) is 26.0. The van der Waals surface area contributed by atoms with Crippen LogP contribution >= 0.6 is 0 Å². The smallest absolute Gasteiger partial charge is 0.339 e. The second-order valence-corrected chi connectivity index (χ2v) is 8.05. The number of carbonyl (C=O) groups excluding carboxylic acids is 1. The van der Waals surface area contributed by atoms with Gasteiger partial charge < -0.3 is 9.52 Å². The number of alkyl halides is 2. The summed E-state index contributed by atoms with van der Waals surface area (Å²) in [6, 6.07) is 22.2. The lowest BCUT2D eigenvalue weighted by molar-refractivity contribution is -0.0791. The quantitative estimate of drug-likeness (QED) is 0.240. The van der Waals surface area contributed by atoms with Gasteiger partial charge in [0.05, 0.1) is 5.39 Å². The summed E-state index contributed by atoms with van der Waals surface area (Å²) >= 11 is 0. The molecule has 0 saturated carbocycles. The monoisotopic (exact) mass is 474 g/mol. The predicted octanol–water partition coefficient (Wildman–Crippen LogP) is 6.30. The van der Waals surface area contributed by atoms with E-state index >= 15 is 13.2 Å². The minimum Gasteiger partial charge on any atom is -0.452 e. The van der Waals surface area contributed by atoms with Crippen molar-refractivity contribution >= 4 is 27.5 Å². The molecule has 0 aliphatic heterocycles. The van der Waals surface area contributed by atoms with Gasteiger partial charge in [-0.3, -0.25) is 9.59 Å². The van der Waals surface area contributed by atoms with Gasteiger partial charge in [-0.1, -0.05) is 84.9 Å². The Bertz CT molecular complexity index is 1630. The van der Waals surface area contributed by atoms with E-state index in [1.165, 1.54) is 42.5 Å². The van der Waals surface area contributed by atoms with Crippen molar-refractivity contribution in [2.45, 2.75) is 12.0 Å². The third-order valence-electron chi connectivity index (χ3n) is 5.88. The summed E-state index contributed by atoms with van der Waals surface area (Å²) in [5.41, 5.74) is -1.46. The van der Waals surface area contributed by atoms with Crippen LogP contribution in [-0.4, -0.2) is 16.8 Å². The third kappa shape index (κ3) is 3.70. The van der Waals surface area contributed by atoms with Gasteiger partial charge >= 0.3 is 5.92 Å². The second-order valence-electron chi connectivity index (χ2n) is 8.05. The fraction of sp³-hybridized carbons (Fsp3) is 0.0714. The molecule has 5 aromatic rings. The molecule has 0 radical (unpaired) electrons. The van der Waals surface area contributed by atoms with Crippen LogP contribution in [0, 0.1) is 5.82 Å². The van der Waals surface area contributed by atoms with Crippen LogP contribution in [0.5, 0.6) is 0 Å². The van der Waals surface area contributed by atoms with Crippen molar-refractivity contribution in [2.24, 2.45) is 0 Å². The van der Waals surface area contributed by atoms with Crippen molar-refractivity contribution in [1.29, 1.82) is 0 Å². The molecular weight excluding hydrogens is 457 g/mol. The molecule has 174 valence electrons. The maximum absolute atomic E-state index is 15.2. The van der Waals surface area contributed by atoms with Crippen molar-refractivity contribution < 1.29 is 27.5 Å². The highest BCUT2D eigenvalue weighted by atomic mass is 19.3. The number of hydrogen-bond donors (Lipinski definition) is 1. The van der Waals surface area contributed by atoms with Crippen LogP contribution in [0.15, 0.2) is 100 Å². The van der Waals surface area contributed by atoms with E-state index in [1.54, 1.807) is 42.5 Å². The largest absolute Gasteiger partial charge is 0.452 e. The lowest BCUT2D eigenvalue weighted by atomic mass is 9.91. The molecule has 0 saturated heterocycles. The molecule has 7 heteroatoms. The van der Waals surface area contributed by atoms with Crippen LogP contribution in [-0.2, 0) is 0 Å². The van der Waals surface area contributed by atoms with E-state index in [0.717, 1.165) is 6.07 Å². The highest BCUT2D eigenvalue weighted by molar-refractivity contribution is 6.18. The van der Waals surface area contributed by atoms with Gasteiger partial charge in [-0.25, -0.2) is 0 Å². The van der Waals surface area contributed by atoms with E-state index in [1.807, 2.05) is 0 Å². The van der Waals surface area contributed by atoms with E-state index in [-0.39, 0.29) is 33.1 Å². The molecule has 1 atom stereocenters. The summed E-state index contributed by atoms with van der Waals surface area (Å²) in [5, 5.41) is 10.2. The van der Waals surface area contributed by atoms with Crippen LogP contribution in [0.1, 0.15) is 22.0 Å². The van der Waals surface area contributed by atoms with Crippen LogP contribution in [0.2, 0.25) is 0 Å². The van der Waals surface area contributed by atoms with Gasteiger partial charge in [-0.2, -0.15) is 13.2 Å². The lowest BCUT2D eigenvalue weighted by Crippen LogP contribution is -2.36. The first kappa shape index (κ1) is 22.6. The predicted molar refractivity (Wildman–Crippen MR) is 126 cm³/mol. The van der Waals surface area contributed by atoms with Crippen molar-refractivity contribution in [3.05, 3.63) is 118 Å². The third-order valence-corrected chi connectivity index (χ3v) is 5.88. The average molecular weight is 474 g/mol. The van der Waals surface area contributed by atoms with E-state index in [4.69, 9.17) is 4.42 Å². The number of aliphatic hydroxyl groups excluding tert-OH is 1. The van der Waals surface area contributed by atoms with E-state index in [2.05, 4.69) is 0 Å². The highest BCUT2D eigenvalue weighted by Crippen LogP contribution is 2.38. The zero-order valence-corrected chi connectivity index (χ0v) is 18.0. The molecule has 35 heavy (non-hydrogen) atoms. The Hall–Kier alpha value is -4.23. The molecule has 0 amide bonds. The fourth-order valence-corrected chi connectivity index (χ4v) is 4.11. The first-order valence-electron chi connectivity index (χ1n) is 10.7. The molecular formula is C28H17F3O4. The van der Waals surface area contributed by atoms with Gasteiger partial charge in [-0.05, 0) is 17.0 Å². The number of carbonyl (C=O) groups is 1. The first-order chi connectivity index (χ1) is 16.8. The fourth-order valence-electron chi connectivity index (χ4n) is 4.11. The Kier molecular flexibility index (Phi) is 5.49. The van der Waals surface area contributed by atoms with E-state index < -0.39 is 34.6 Å². The van der Waals surface area contributed by atoms with Gasteiger partial charge in [0.25, 0.3) is 0 Å². The summed E-state index contributed by atoms with van der Waals surface area (Å²) < 4.78 is 51.2. The Morgan fingerprint density at radius 1 is 0.829 bits per heavy atom. The Labute approximate surface area is 196 Å². The Balaban J connectivity index is 1.75. The number of rotatable bonds is 5. The minimum atomic E-state index is -4.22. The molecule has 0 aliphatic rings. The maximum atomic E-state index is 15.2. The number of halogens is 3. The van der Waals surface area contributed by atoms with Crippen molar-refractivity contribution in [2.75, 3.05) is 0 Å². The van der Waals surface area contributed by atoms with Crippen LogP contribution in [0.3, 0.4) is 0 Å². The summed E-state index contributed by atoms with van der Waals surface area (Å²) in [6.45, 7) is 0. The molecule has 0 bridgehead atoms. The number of hydrogen-bond acceptors (Lipinski definition) is 4. The SMILES string of the molecule is O=C(c1cc2c(=O)c(F)c(-c3ccccc3)oc2c2ccccc12)C(F)(F)C(O)c1ccccc1. The van der Waals surface area contributed by atoms with E-state index in [0.29, 0.717) is 5.56 Å². The van der Waals surface area contributed by atoms with E-state index in [9.17, 15) is 14.7 Å². The van der Waals surface area contributed by atoms with Gasteiger partial charge in [0, 0.05) is 16.5 Å². The molecule has 1 aromatic heterocycles. The van der Waals surface area contributed by atoms with Gasteiger partial charge in [0.1, 0.15) is 5.58 Å².